The Hall–Kier alpha value is -3.02. The first-order valence-corrected chi connectivity index (χ1v) is 7.58. The summed E-state index contributed by atoms with van der Waals surface area (Å²) >= 11 is 0. The first-order chi connectivity index (χ1) is 11.5. The van der Waals surface area contributed by atoms with Crippen molar-refractivity contribution in [2.75, 3.05) is 42.9 Å². The van der Waals surface area contributed by atoms with Crippen LogP contribution in [-0.4, -0.2) is 39.6 Å². The van der Waals surface area contributed by atoms with E-state index in [0.29, 0.717) is 22.7 Å². The van der Waals surface area contributed by atoms with Crippen LogP contribution in [0.2, 0.25) is 0 Å². The van der Waals surface area contributed by atoms with Gasteiger partial charge in [-0.3, -0.25) is 9.59 Å². The van der Waals surface area contributed by atoms with Crippen LogP contribution < -0.4 is 19.9 Å². The van der Waals surface area contributed by atoms with E-state index in [2.05, 4.69) is 5.32 Å². The van der Waals surface area contributed by atoms with Gasteiger partial charge in [-0.1, -0.05) is 12.1 Å². The number of anilines is 3. The minimum Gasteiger partial charge on any atom is -0.481 e. The molecular weight excluding hydrogens is 306 g/mol. The Morgan fingerprint density at radius 1 is 1.21 bits per heavy atom. The van der Waals surface area contributed by atoms with Crippen molar-refractivity contribution in [2.24, 2.45) is 0 Å². The SMILES string of the molecule is CN(C)c1cccc(C(=O)Nc2cccc3c2N(C)C(=O)CO3)c1. The Morgan fingerprint density at radius 2 is 1.96 bits per heavy atom. The largest absolute Gasteiger partial charge is 0.481 e. The number of nitrogens with one attached hydrogen (secondary N) is 1. The number of ether oxygens (including phenoxy) is 1. The molecule has 0 aliphatic carbocycles. The van der Waals surface area contributed by atoms with Crippen molar-refractivity contribution in [2.45, 2.75) is 0 Å². The molecule has 0 saturated carbocycles. The van der Waals surface area contributed by atoms with E-state index in [-0.39, 0.29) is 18.4 Å². The molecule has 0 aromatic heterocycles. The van der Waals surface area contributed by atoms with Gasteiger partial charge in [0, 0.05) is 32.4 Å². The van der Waals surface area contributed by atoms with Crippen molar-refractivity contribution >= 4 is 28.9 Å². The maximum atomic E-state index is 12.6. The van der Waals surface area contributed by atoms with E-state index in [1.807, 2.05) is 37.2 Å². The number of carbonyl (C=O) groups excluding carboxylic acids is 2. The number of benzene rings is 2. The lowest BCUT2D eigenvalue weighted by molar-refractivity contribution is -0.120. The molecule has 3 rings (SSSR count). The maximum Gasteiger partial charge on any atom is 0.264 e. The van der Waals surface area contributed by atoms with Crippen molar-refractivity contribution < 1.29 is 14.3 Å². The highest BCUT2D eigenvalue weighted by atomic mass is 16.5. The summed E-state index contributed by atoms with van der Waals surface area (Å²) < 4.78 is 5.44. The van der Waals surface area contributed by atoms with Crippen LogP contribution in [0.4, 0.5) is 17.1 Å². The van der Waals surface area contributed by atoms with Crippen LogP contribution in [0.25, 0.3) is 0 Å². The molecule has 1 aliphatic rings. The van der Waals surface area contributed by atoms with Gasteiger partial charge in [0.2, 0.25) is 0 Å². The highest BCUT2D eigenvalue weighted by molar-refractivity contribution is 6.09. The zero-order valence-electron chi connectivity index (χ0n) is 13.9. The number of hydrogen-bond acceptors (Lipinski definition) is 4. The third-order valence-electron chi connectivity index (χ3n) is 3.93. The molecule has 24 heavy (non-hydrogen) atoms. The summed E-state index contributed by atoms with van der Waals surface area (Å²) in [6, 6.07) is 12.7. The van der Waals surface area contributed by atoms with Crippen LogP contribution in [0.3, 0.4) is 0 Å². The molecule has 0 radical (unpaired) electrons. The Balaban J connectivity index is 1.91. The molecule has 6 nitrogen and oxygen atoms in total. The van der Waals surface area contributed by atoms with Gasteiger partial charge in [0.05, 0.1) is 5.69 Å². The lowest BCUT2D eigenvalue weighted by Gasteiger charge is -2.28. The number of amides is 2. The van der Waals surface area contributed by atoms with E-state index in [1.54, 1.807) is 31.3 Å². The monoisotopic (exact) mass is 325 g/mol. The summed E-state index contributed by atoms with van der Waals surface area (Å²) in [5.41, 5.74) is 2.60. The smallest absolute Gasteiger partial charge is 0.264 e. The molecule has 1 aliphatic heterocycles. The molecule has 0 bridgehead atoms. The van der Waals surface area contributed by atoms with Crippen LogP contribution in [0.1, 0.15) is 10.4 Å². The number of hydrogen-bond donors (Lipinski definition) is 1. The van der Waals surface area contributed by atoms with Gasteiger partial charge in [0.15, 0.2) is 6.61 Å². The van der Waals surface area contributed by atoms with Crippen LogP contribution >= 0.6 is 0 Å². The van der Waals surface area contributed by atoms with Gasteiger partial charge in [-0.05, 0) is 30.3 Å². The number of likely N-dealkylation sites (N-methyl/N-ethyl adjacent to an activating group) is 1. The summed E-state index contributed by atoms with van der Waals surface area (Å²) in [4.78, 5) is 27.9. The average Bonchev–Trinajstić information content (AvgIpc) is 2.58. The van der Waals surface area contributed by atoms with Crippen LogP contribution in [0, 0.1) is 0 Å². The predicted octanol–water partition coefficient (Wildman–Crippen LogP) is 2.36. The van der Waals surface area contributed by atoms with E-state index in [4.69, 9.17) is 4.74 Å². The predicted molar refractivity (Wildman–Crippen MR) is 94.1 cm³/mol. The molecule has 124 valence electrons. The van der Waals surface area contributed by atoms with E-state index >= 15 is 0 Å². The standard InChI is InChI=1S/C18H19N3O3/c1-20(2)13-7-4-6-12(10-13)18(23)19-14-8-5-9-15-17(14)21(3)16(22)11-24-15/h4-10H,11H2,1-3H3,(H,19,23). The third-order valence-corrected chi connectivity index (χ3v) is 3.93. The summed E-state index contributed by atoms with van der Waals surface area (Å²) in [7, 11) is 5.51. The zero-order chi connectivity index (χ0) is 17.3. The van der Waals surface area contributed by atoms with Gasteiger partial charge in [0.25, 0.3) is 11.8 Å². The zero-order valence-corrected chi connectivity index (χ0v) is 13.9. The highest BCUT2D eigenvalue weighted by Gasteiger charge is 2.25. The molecule has 1 N–H and O–H groups in total. The maximum absolute atomic E-state index is 12.6. The molecule has 6 heteroatoms. The molecule has 0 unspecified atom stereocenters. The first-order valence-electron chi connectivity index (χ1n) is 7.58. The third kappa shape index (κ3) is 2.90. The number of carbonyl (C=O) groups is 2. The summed E-state index contributed by atoms with van der Waals surface area (Å²) in [6.07, 6.45) is 0. The van der Waals surface area contributed by atoms with E-state index in [9.17, 15) is 9.59 Å². The Kier molecular flexibility index (Phi) is 4.12. The fraction of sp³-hybridized carbons (Fsp3) is 0.222. The minimum atomic E-state index is -0.237. The Morgan fingerprint density at radius 3 is 2.71 bits per heavy atom. The molecule has 2 aromatic carbocycles. The van der Waals surface area contributed by atoms with E-state index < -0.39 is 0 Å². The van der Waals surface area contributed by atoms with E-state index in [1.165, 1.54) is 4.90 Å². The second-order valence-electron chi connectivity index (χ2n) is 5.79. The normalized spacial score (nSPS) is 13.1. The molecule has 2 amide bonds. The van der Waals surface area contributed by atoms with Crippen LogP contribution in [0.15, 0.2) is 42.5 Å². The minimum absolute atomic E-state index is 0.00573. The number of rotatable bonds is 3. The fourth-order valence-corrected chi connectivity index (χ4v) is 2.57. The second kappa shape index (κ2) is 6.23. The van der Waals surface area contributed by atoms with Crippen molar-refractivity contribution in [1.82, 2.24) is 0 Å². The molecule has 1 heterocycles. The number of fused-ring (bicyclic) bond motifs is 1. The summed E-state index contributed by atoms with van der Waals surface area (Å²) in [5, 5.41) is 2.87. The van der Waals surface area contributed by atoms with Gasteiger partial charge >= 0.3 is 0 Å². The molecule has 0 saturated heterocycles. The van der Waals surface area contributed by atoms with Crippen LogP contribution in [0.5, 0.6) is 5.75 Å². The first kappa shape index (κ1) is 15.9. The molecule has 0 fully saturated rings. The van der Waals surface area contributed by atoms with Crippen molar-refractivity contribution in [1.29, 1.82) is 0 Å². The fourth-order valence-electron chi connectivity index (χ4n) is 2.57. The lowest BCUT2D eigenvalue weighted by Crippen LogP contribution is -2.36. The number of para-hydroxylation sites is 1. The van der Waals surface area contributed by atoms with Crippen LogP contribution in [-0.2, 0) is 4.79 Å². The van der Waals surface area contributed by atoms with Gasteiger partial charge in [-0.2, -0.15) is 0 Å². The quantitative estimate of drug-likeness (QED) is 0.941. The molecule has 0 atom stereocenters. The Labute approximate surface area is 140 Å². The van der Waals surface area contributed by atoms with Gasteiger partial charge < -0.3 is 19.9 Å². The van der Waals surface area contributed by atoms with Crippen molar-refractivity contribution in [3.05, 3.63) is 48.0 Å². The molecular formula is C18H19N3O3. The van der Waals surface area contributed by atoms with Gasteiger partial charge in [-0.25, -0.2) is 0 Å². The van der Waals surface area contributed by atoms with Gasteiger partial charge in [-0.15, -0.1) is 0 Å². The van der Waals surface area contributed by atoms with Crippen molar-refractivity contribution in [3.63, 3.8) is 0 Å². The topological polar surface area (TPSA) is 61.9 Å². The average molecular weight is 325 g/mol. The summed E-state index contributed by atoms with van der Waals surface area (Å²) in [6.45, 7) is 0.00573. The second-order valence-corrected chi connectivity index (χ2v) is 5.79. The van der Waals surface area contributed by atoms with Gasteiger partial charge in [0.1, 0.15) is 11.4 Å². The Bertz CT molecular complexity index is 802. The van der Waals surface area contributed by atoms with E-state index in [0.717, 1.165) is 5.69 Å². The highest BCUT2D eigenvalue weighted by Crippen LogP contribution is 2.38. The van der Waals surface area contributed by atoms with Crippen molar-refractivity contribution in [3.8, 4) is 5.75 Å². The number of nitrogens with zero attached hydrogens (tertiary/aromatic N) is 2. The summed E-state index contributed by atoms with van der Waals surface area (Å²) in [5.74, 6) is 0.189. The molecule has 2 aromatic rings. The lowest BCUT2D eigenvalue weighted by atomic mass is 10.1. The molecule has 0 spiro atoms.